The summed E-state index contributed by atoms with van der Waals surface area (Å²) < 4.78 is 12.3. The fourth-order valence-electron chi connectivity index (χ4n) is 2.19. The molecule has 92 valence electrons. The van der Waals surface area contributed by atoms with Crippen molar-refractivity contribution >= 4 is 16.8 Å². The highest BCUT2D eigenvalue weighted by atomic mass is 16.5. The van der Waals surface area contributed by atoms with Crippen molar-refractivity contribution < 1.29 is 9.26 Å². The first-order chi connectivity index (χ1) is 8.70. The van der Waals surface area contributed by atoms with Crippen LogP contribution in [0.25, 0.3) is 22.2 Å². The molecule has 2 N–H and O–H groups in total. The Morgan fingerprint density at radius 3 is 2.83 bits per heavy atom. The minimum absolute atomic E-state index is 0.310. The highest BCUT2D eigenvalue weighted by Gasteiger charge is 2.13. The summed E-state index contributed by atoms with van der Waals surface area (Å²) >= 11 is 0. The average molecular weight is 243 g/mol. The fraction of sp³-hybridized carbons (Fsp3) is 0.154. The van der Waals surface area contributed by atoms with Gasteiger partial charge in [0.2, 0.25) is 5.88 Å². The number of nitrogens with two attached hydrogens (primary N) is 1. The molecule has 0 radical (unpaired) electrons. The minimum atomic E-state index is 0.310. The van der Waals surface area contributed by atoms with Gasteiger partial charge in [-0.3, -0.25) is 0 Å². The van der Waals surface area contributed by atoms with E-state index in [4.69, 9.17) is 15.0 Å². The SMILES string of the molecule is COc1ccc(-c2cc(N)on2)c2ccn(C)c12. The molecule has 3 aromatic rings. The molecule has 0 bridgehead atoms. The Kier molecular flexibility index (Phi) is 2.26. The molecule has 0 aliphatic rings. The first-order valence-corrected chi connectivity index (χ1v) is 5.55. The van der Waals surface area contributed by atoms with Gasteiger partial charge in [0.25, 0.3) is 0 Å². The predicted octanol–water partition coefficient (Wildman–Crippen LogP) is 2.42. The van der Waals surface area contributed by atoms with E-state index in [0.29, 0.717) is 5.88 Å². The van der Waals surface area contributed by atoms with Crippen LogP contribution in [0.2, 0.25) is 0 Å². The number of aryl methyl sites for hydroxylation is 1. The Bertz CT molecular complexity index is 712. The number of methoxy groups -OCH3 is 1. The van der Waals surface area contributed by atoms with Gasteiger partial charge in [0.15, 0.2) is 0 Å². The molecule has 0 spiro atoms. The lowest BCUT2D eigenvalue weighted by Gasteiger charge is -2.07. The number of anilines is 1. The van der Waals surface area contributed by atoms with Gasteiger partial charge in [-0.2, -0.15) is 0 Å². The first kappa shape index (κ1) is 10.7. The summed E-state index contributed by atoms with van der Waals surface area (Å²) in [4.78, 5) is 0. The monoisotopic (exact) mass is 243 g/mol. The van der Waals surface area contributed by atoms with Crippen LogP contribution in [0.4, 0.5) is 5.88 Å². The number of nitrogen functional groups attached to an aromatic ring is 1. The highest BCUT2D eigenvalue weighted by Crippen LogP contribution is 2.34. The zero-order valence-corrected chi connectivity index (χ0v) is 10.2. The van der Waals surface area contributed by atoms with Gasteiger partial charge in [-0.25, -0.2) is 0 Å². The van der Waals surface area contributed by atoms with Gasteiger partial charge in [0.05, 0.1) is 12.6 Å². The third-order valence-electron chi connectivity index (χ3n) is 3.02. The normalized spacial score (nSPS) is 11.0. The van der Waals surface area contributed by atoms with Crippen LogP contribution >= 0.6 is 0 Å². The molecule has 0 aliphatic carbocycles. The zero-order chi connectivity index (χ0) is 12.7. The average Bonchev–Trinajstić information content (AvgIpc) is 2.96. The summed E-state index contributed by atoms with van der Waals surface area (Å²) in [6.07, 6.45) is 1.99. The molecule has 0 amide bonds. The lowest BCUT2D eigenvalue weighted by Crippen LogP contribution is -1.91. The molecule has 18 heavy (non-hydrogen) atoms. The summed E-state index contributed by atoms with van der Waals surface area (Å²) in [6, 6.07) is 7.62. The molecule has 0 unspecified atom stereocenters. The van der Waals surface area contributed by atoms with Gasteiger partial charge in [-0.15, -0.1) is 0 Å². The predicted molar refractivity (Wildman–Crippen MR) is 69.4 cm³/mol. The number of nitrogens with zero attached hydrogens (tertiary/aromatic N) is 2. The van der Waals surface area contributed by atoms with Crippen LogP contribution < -0.4 is 10.5 Å². The summed E-state index contributed by atoms with van der Waals surface area (Å²) in [5.41, 5.74) is 8.29. The minimum Gasteiger partial charge on any atom is -0.495 e. The maximum absolute atomic E-state index is 5.56. The van der Waals surface area contributed by atoms with E-state index in [2.05, 4.69) is 5.16 Å². The van der Waals surface area contributed by atoms with Crippen molar-refractivity contribution in [2.24, 2.45) is 7.05 Å². The van der Waals surface area contributed by atoms with Crippen molar-refractivity contribution in [2.75, 3.05) is 12.8 Å². The van der Waals surface area contributed by atoms with Crippen molar-refractivity contribution in [1.29, 1.82) is 0 Å². The Hall–Kier alpha value is -2.43. The van der Waals surface area contributed by atoms with Gasteiger partial charge < -0.3 is 19.6 Å². The standard InChI is InChI=1S/C13H13N3O2/c1-16-6-5-9-8(10-7-12(14)18-15-10)3-4-11(17-2)13(9)16/h3-7H,14H2,1-2H3. The second kappa shape index (κ2) is 3.80. The maximum atomic E-state index is 5.56. The van der Waals surface area contributed by atoms with E-state index in [-0.39, 0.29) is 0 Å². The Labute approximate surface area is 104 Å². The summed E-state index contributed by atoms with van der Waals surface area (Å²) in [5, 5.41) is 5.01. The van der Waals surface area contributed by atoms with Gasteiger partial charge in [0, 0.05) is 30.3 Å². The Morgan fingerprint density at radius 2 is 2.17 bits per heavy atom. The summed E-state index contributed by atoms with van der Waals surface area (Å²) in [6.45, 7) is 0. The van der Waals surface area contributed by atoms with Crippen molar-refractivity contribution in [3.05, 3.63) is 30.5 Å². The van der Waals surface area contributed by atoms with E-state index in [9.17, 15) is 0 Å². The lowest BCUT2D eigenvalue weighted by atomic mass is 10.1. The molecule has 5 nitrogen and oxygen atoms in total. The number of ether oxygens (including phenoxy) is 1. The van der Waals surface area contributed by atoms with Crippen molar-refractivity contribution in [2.45, 2.75) is 0 Å². The van der Waals surface area contributed by atoms with E-state index in [1.165, 1.54) is 0 Å². The van der Waals surface area contributed by atoms with Gasteiger partial charge in [-0.1, -0.05) is 5.16 Å². The van der Waals surface area contributed by atoms with E-state index >= 15 is 0 Å². The molecule has 3 rings (SSSR count). The third-order valence-corrected chi connectivity index (χ3v) is 3.02. The number of hydrogen-bond acceptors (Lipinski definition) is 4. The number of fused-ring (bicyclic) bond motifs is 1. The van der Waals surface area contributed by atoms with Crippen LogP contribution in [0, 0.1) is 0 Å². The van der Waals surface area contributed by atoms with E-state index < -0.39 is 0 Å². The smallest absolute Gasteiger partial charge is 0.222 e. The summed E-state index contributed by atoms with van der Waals surface area (Å²) in [7, 11) is 3.64. The summed E-state index contributed by atoms with van der Waals surface area (Å²) in [5.74, 6) is 1.14. The van der Waals surface area contributed by atoms with Crippen LogP contribution in [0.1, 0.15) is 0 Å². The quantitative estimate of drug-likeness (QED) is 0.750. The molecule has 2 heterocycles. The second-order valence-corrected chi connectivity index (χ2v) is 4.12. The molecule has 0 fully saturated rings. The van der Waals surface area contributed by atoms with Crippen LogP contribution in [-0.4, -0.2) is 16.8 Å². The van der Waals surface area contributed by atoms with Gasteiger partial charge >= 0.3 is 0 Å². The number of hydrogen-bond donors (Lipinski definition) is 1. The molecule has 0 aliphatic heterocycles. The van der Waals surface area contributed by atoms with Crippen LogP contribution in [-0.2, 0) is 7.05 Å². The van der Waals surface area contributed by atoms with Crippen molar-refractivity contribution in [3.8, 4) is 17.0 Å². The van der Waals surface area contributed by atoms with Crippen LogP contribution in [0.15, 0.2) is 35.0 Å². The van der Waals surface area contributed by atoms with Crippen molar-refractivity contribution in [3.63, 3.8) is 0 Å². The van der Waals surface area contributed by atoms with Crippen molar-refractivity contribution in [1.82, 2.24) is 9.72 Å². The Morgan fingerprint density at radius 1 is 1.33 bits per heavy atom. The topological polar surface area (TPSA) is 66.2 Å². The molecule has 1 aromatic carbocycles. The maximum Gasteiger partial charge on any atom is 0.222 e. The first-order valence-electron chi connectivity index (χ1n) is 5.55. The Balaban J connectivity index is 2.32. The van der Waals surface area contributed by atoms with Gasteiger partial charge in [-0.05, 0) is 18.2 Å². The highest BCUT2D eigenvalue weighted by molar-refractivity contribution is 5.98. The molecule has 0 saturated heterocycles. The fourth-order valence-corrected chi connectivity index (χ4v) is 2.19. The molecule has 2 aromatic heterocycles. The number of aromatic nitrogens is 2. The zero-order valence-electron chi connectivity index (χ0n) is 10.2. The largest absolute Gasteiger partial charge is 0.495 e. The third kappa shape index (κ3) is 1.44. The number of benzene rings is 1. The molecular weight excluding hydrogens is 230 g/mol. The van der Waals surface area contributed by atoms with E-state index in [1.807, 2.05) is 36.0 Å². The molecule has 5 heteroatoms. The molecule has 0 saturated carbocycles. The molecular formula is C13H13N3O2. The second-order valence-electron chi connectivity index (χ2n) is 4.12. The lowest BCUT2D eigenvalue weighted by molar-refractivity contribution is 0.418. The van der Waals surface area contributed by atoms with Crippen LogP contribution in [0.3, 0.4) is 0 Å². The van der Waals surface area contributed by atoms with Crippen LogP contribution in [0.5, 0.6) is 5.75 Å². The van der Waals surface area contributed by atoms with Gasteiger partial charge in [0.1, 0.15) is 11.4 Å². The molecule has 0 atom stereocenters. The van der Waals surface area contributed by atoms with E-state index in [0.717, 1.165) is 27.9 Å². The van der Waals surface area contributed by atoms with E-state index in [1.54, 1.807) is 13.2 Å². The number of rotatable bonds is 2.